The highest BCUT2D eigenvalue weighted by atomic mass is 15.1. The Morgan fingerprint density at radius 1 is 0.826 bits per heavy atom. The Bertz CT molecular complexity index is 853. The molecule has 0 unspecified atom stereocenters. The van der Waals surface area contributed by atoms with Crippen LogP contribution < -0.4 is 10.6 Å². The fourth-order valence-electron chi connectivity index (χ4n) is 3.49. The van der Waals surface area contributed by atoms with Crippen LogP contribution in [0.1, 0.15) is 18.1 Å². The van der Waals surface area contributed by atoms with Crippen molar-refractivity contribution in [2.45, 2.75) is 13.3 Å². The van der Waals surface area contributed by atoms with Gasteiger partial charge in [-0.1, -0.05) is 30.3 Å². The van der Waals surface area contributed by atoms with Gasteiger partial charge in [0.1, 0.15) is 0 Å². The fourth-order valence-corrected chi connectivity index (χ4v) is 3.49. The van der Waals surface area contributed by atoms with Crippen LogP contribution in [0.5, 0.6) is 0 Å². The van der Waals surface area contributed by atoms with Crippen LogP contribution in [0, 0.1) is 0 Å². The number of hydrogen-bond donors (Lipinski definition) is 1. The molecule has 2 heteroatoms. The standard InChI is InChI=1S/C21H20N2/c1-2-23(18-6-4-3-5-7-18)19-10-8-15-12-16-13-17(22)9-11-20(16)21(15)14-19/h3-11,13-14H,2,12,22H2,1H3. The van der Waals surface area contributed by atoms with E-state index in [0.717, 1.165) is 18.7 Å². The van der Waals surface area contributed by atoms with E-state index < -0.39 is 0 Å². The highest BCUT2D eigenvalue weighted by Crippen LogP contribution is 2.40. The summed E-state index contributed by atoms with van der Waals surface area (Å²) < 4.78 is 0. The lowest BCUT2D eigenvalue weighted by Gasteiger charge is -2.24. The topological polar surface area (TPSA) is 29.3 Å². The molecule has 0 fully saturated rings. The molecule has 2 nitrogen and oxygen atoms in total. The Hall–Kier alpha value is -2.74. The first-order valence-electron chi connectivity index (χ1n) is 8.10. The summed E-state index contributed by atoms with van der Waals surface area (Å²) in [7, 11) is 0. The molecule has 4 rings (SSSR count). The van der Waals surface area contributed by atoms with Gasteiger partial charge in [0.15, 0.2) is 0 Å². The highest BCUT2D eigenvalue weighted by molar-refractivity contribution is 5.82. The molecule has 0 aliphatic heterocycles. The molecule has 0 spiro atoms. The van der Waals surface area contributed by atoms with Gasteiger partial charge in [-0.25, -0.2) is 0 Å². The van der Waals surface area contributed by atoms with Gasteiger partial charge in [0.25, 0.3) is 0 Å². The quantitative estimate of drug-likeness (QED) is 0.540. The maximum absolute atomic E-state index is 5.93. The van der Waals surface area contributed by atoms with Gasteiger partial charge in [0, 0.05) is 23.6 Å². The number of nitrogen functional groups attached to an aromatic ring is 1. The molecule has 0 saturated heterocycles. The van der Waals surface area contributed by atoms with Crippen LogP contribution in [0.25, 0.3) is 11.1 Å². The lowest BCUT2D eigenvalue weighted by Crippen LogP contribution is -2.15. The molecule has 1 aliphatic rings. The van der Waals surface area contributed by atoms with Crippen LogP contribution in [0.2, 0.25) is 0 Å². The van der Waals surface area contributed by atoms with Crippen molar-refractivity contribution in [3.8, 4) is 11.1 Å². The Balaban J connectivity index is 1.79. The summed E-state index contributed by atoms with van der Waals surface area (Å²) in [5.74, 6) is 0. The number of anilines is 3. The second-order valence-corrected chi connectivity index (χ2v) is 6.01. The average Bonchev–Trinajstić information content (AvgIpc) is 2.93. The van der Waals surface area contributed by atoms with Crippen molar-refractivity contribution in [3.05, 3.63) is 77.9 Å². The van der Waals surface area contributed by atoms with Crippen LogP contribution in [0.15, 0.2) is 66.7 Å². The summed E-state index contributed by atoms with van der Waals surface area (Å²) in [6.07, 6.45) is 0.980. The smallest absolute Gasteiger partial charge is 0.0417 e. The second-order valence-electron chi connectivity index (χ2n) is 6.01. The van der Waals surface area contributed by atoms with Gasteiger partial charge in [-0.3, -0.25) is 0 Å². The van der Waals surface area contributed by atoms with E-state index in [4.69, 9.17) is 5.73 Å². The Labute approximate surface area is 137 Å². The van der Waals surface area contributed by atoms with Crippen molar-refractivity contribution in [1.29, 1.82) is 0 Å². The van der Waals surface area contributed by atoms with Crippen LogP contribution in [0.3, 0.4) is 0 Å². The van der Waals surface area contributed by atoms with E-state index in [9.17, 15) is 0 Å². The number of fused-ring (bicyclic) bond motifs is 3. The summed E-state index contributed by atoms with van der Waals surface area (Å²) >= 11 is 0. The Kier molecular flexibility index (Phi) is 3.30. The maximum Gasteiger partial charge on any atom is 0.0417 e. The summed E-state index contributed by atoms with van der Waals surface area (Å²) in [6, 6.07) is 23.6. The summed E-state index contributed by atoms with van der Waals surface area (Å²) in [6.45, 7) is 3.13. The summed E-state index contributed by atoms with van der Waals surface area (Å²) in [4.78, 5) is 2.34. The van der Waals surface area contributed by atoms with Crippen LogP contribution in [-0.4, -0.2) is 6.54 Å². The largest absolute Gasteiger partial charge is 0.399 e. The second kappa shape index (κ2) is 5.47. The van der Waals surface area contributed by atoms with Crippen molar-refractivity contribution < 1.29 is 0 Å². The van der Waals surface area contributed by atoms with E-state index in [-0.39, 0.29) is 0 Å². The van der Waals surface area contributed by atoms with E-state index in [1.54, 1.807) is 0 Å². The molecule has 23 heavy (non-hydrogen) atoms. The van der Waals surface area contributed by atoms with E-state index in [0.29, 0.717) is 0 Å². The van der Waals surface area contributed by atoms with Crippen LogP contribution >= 0.6 is 0 Å². The summed E-state index contributed by atoms with van der Waals surface area (Å²) in [5, 5.41) is 0. The molecule has 0 bridgehead atoms. The molecule has 0 aromatic heterocycles. The van der Waals surface area contributed by atoms with Crippen molar-refractivity contribution >= 4 is 17.1 Å². The minimum absolute atomic E-state index is 0.844. The molecule has 0 atom stereocenters. The Morgan fingerprint density at radius 2 is 1.65 bits per heavy atom. The van der Waals surface area contributed by atoms with Gasteiger partial charge in [-0.05, 0) is 72.0 Å². The number of nitrogens with two attached hydrogens (primary N) is 1. The van der Waals surface area contributed by atoms with Gasteiger partial charge in [0.2, 0.25) is 0 Å². The molecule has 3 aromatic rings. The van der Waals surface area contributed by atoms with E-state index in [1.807, 2.05) is 6.07 Å². The zero-order valence-electron chi connectivity index (χ0n) is 13.3. The third-order valence-electron chi connectivity index (χ3n) is 4.59. The molecule has 2 N–H and O–H groups in total. The molecule has 3 aromatic carbocycles. The first-order valence-corrected chi connectivity index (χ1v) is 8.10. The zero-order valence-corrected chi connectivity index (χ0v) is 13.3. The number of nitrogens with zero attached hydrogens (tertiary/aromatic N) is 1. The third kappa shape index (κ3) is 2.36. The Morgan fingerprint density at radius 3 is 2.43 bits per heavy atom. The minimum atomic E-state index is 0.844. The summed E-state index contributed by atoms with van der Waals surface area (Å²) in [5.41, 5.74) is 14.6. The lowest BCUT2D eigenvalue weighted by molar-refractivity contribution is 1.02. The zero-order chi connectivity index (χ0) is 15.8. The molecular weight excluding hydrogens is 280 g/mol. The lowest BCUT2D eigenvalue weighted by atomic mass is 10.0. The van der Waals surface area contributed by atoms with Crippen molar-refractivity contribution in [3.63, 3.8) is 0 Å². The monoisotopic (exact) mass is 300 g/mol. The molecule has 0 saturated carbocycles. The molecule has 114 valence electrons. The first kappa shape index (κ1) is 13.9. The minimum Gasteiger partial charge on any atom is -0.399 e. The van der Waals surface area contributed by atoms with Crippen LogP contribution in [-0.2, 0) is 6.42 Å². The van der Waals surface area contributed by atoms with Gasteiger partial charge >= 0.3 is 0 Å². The van der Waals surface area contributed by atoms with Gasteiger partial charge in [0.05, 0.1) is 0 Å². The van der Waals surface area contributed by atoms with Crippen molar-refractivity contribution in [1.82, 2.24) is 0 Å². The van der Waals surface area contributed by atoms with Crippen molar-refractivity contribution in [2.24, 2.45) is 0 Å². The predicted molar refractivity (Wildman–Crippen MR) is 98.2 cm³/mol. The first-order chi connectivity index (χ1) is 11.3. The van der Waals surface area contributed by atoms with E-state index in [1.165, 1.54) is 33.6 Å². The van der Waals surface area contributed by atoms with Gasteiger partial charge < -0.3 is 10.6 Å². The fraction of sp³-hybridized carbons (Fsp3) is 0.143. The molecule has 1 aliphatic carbocycles. The van der Waals surface area contributed by atoms with Gasteiger partial charge in [-0.2, -0.15) is 0 Å². The highest BCUT2D eigenvalue weighted by Gasteiger charge is 2.20. The predicted octanol–water partition coefficient (Wildman–Crippen LogP) is 5.00. The number of benzene rings is 3. The SMILES string of the molecule is CCN(c1ccccc1)c1ccc2c(c1)-c1ccc(N)cc1C2. The molecule has 0 radical (unpaired) electrons. The maximum atomic E-state index is 5.93. The number of para-hydroxylation sites is 1. The normalized spacial score (nSPS) is 11.9. The molecule has 0 heterocycles. The average molecular weight is 300 g/mol. The van der Waals surface area contributed by atoms with Gasteiger partial charge in [-0.15, -0.1) is 0 Å². The third-order valence-corrected chi connectivity index (χ3v) is 4.59. The van der Waals surface area contributed by atoms with E-state index in [2.05, 4.69) is 72.5 Å². The van der Waals surface area contributed by atoms with Crippen LogP contribution in [0.4, 0.5) is 17.1 Å². The van der Waals surface area contributed by atoms with E-state index >= 15 is 0 Å². The number of hydrogen-bond acceptors (Lipinski definition) is 2. The molecule has 0 amide bonds. The van der Waals surface area contributed by atoms with Crippen molar-refractivity contribution in [2.75, 3.05) is 17.2 Å². The molecular formula is C21H20N2. The number of rotatable bonds is 3.